The van der Waals surface area contributed by atoms with Crippen LogP contribution in [0.2, 0.25) is 0 Å². The summed E-state index contributed by atoms with van der Waals surface area (Å²) in [6.45, 7) is 3.05. The second-order valence-electron chi connectivity index (χ2n) is 5.89. The molecular formula is C14H17N5O2. The van der Waals surface area contributed by atoms with Crippen LogP contribution in [0.25, 0.3) is 11.0 Å². The summed E-state index contributed by atoms with van der Waals surface area (Å²) in [7, 11) is 0. The summed E-state index contributed by atoms with van der Waals surface area (Å²) < 4.78 is 0. The van der Waals surface area contributed by atoms with Crippen molar-refractivity contribution in [2.24, 2.45) is 5.92 Å². The van der Waals surface area contributed by atoms with Crippen LogP contribution in [0.5, 0.6) is 0 Å². The van der Waals surface area contributed by atoms with Crippen LogP contribution >= 0.6 is 0 Å². The van der Waals surface area contributed by atoms with Gasteiger partial charge in [0.05, 0.1) is 16.0 Å². The van der Waals surface area contributed by atoms with Gasteiger partial charge in [-0.25, -0.2) is 4.98 Å². The largest absolute Gasteiger partial charge is 0.340 e. The predicted octanol–water partition coefficient (Wildman–Crippen LogP) is 1.66. The molecule has 0 aliphatic carbocycles. The van der Waals surface area contributed by atoms with Gasteiger partial charge in [-0.05, 0) is 31.4 Å². The Bertz CT molecular complexity index is 684. The Morgan fingerprint density at radius 2 is 2.29 bits per heavy atom. The van der Waals surface area contributed by atoms with Gasteiger partial charge in [-0.2, -0.15) is 0 Å². The number of piperidine rings is 1. The SMILES string of the molecule is O=[N+]([O-])c1ccc2nc(N3CC4CCCNC4C3)[nH]c2c1. The minimum Gasteiger partial charge on any atom is -0.340 e. The number of hydrogen-bond donors (Lipinski definition) is 2. The predicted molar refractivity (Wildman–Crippen MR) is 79.5 cm³/mol. The van der Waals surface area contributed by atoms with E-state index >= 15 is 0 Å². The van der Waals surface area contributed by atoms with Crippen LogP contribution in [0, 0.1) is 16.0 Å². The number of hydrogen-bond acceptors (Lipinski definition) is 5. The number of benzene rings is 1. The number of nitro benzene ring substituents is 1. The maximum absolute atomic E-state index is 10.8. The molecule has 2 aromatic rings. The molecule has 0 bridgehead atoms. The third kappa shape index (κ3) is 2.13. The first-order valence-corrected chi connectivity index (χ1v) is 7.33. The van der Waals surface area contributed by atoms with Crippen LogP contribution < -0.4 is 10.2 Å². The molecule has 1 aromatic heterocycles. The molecule has 1 aromatic carbocycles. The van der Waals surface area contributed by atoms with Crippen molar-refractivity contribution in [1.82, 2.24) is 15.3 Å². The maximum atomic E-state index is 10.8. The number of nitro groups is 1. The van der Waals surface area contributed by atoms with Gasteiger partial charge in [-0.15, -0.1) is 0 Å². The molecule has 0 spiro atoms. The summed E-state index contributed by atoms with van der Waals surface area (Å²) in [5.41, 5.74) is 1.59. The number of nitrogens with one attached hydrogen (secondary N) is 2. The fourth-order valence-corrected chi connectivity index (χ4v) is 3.47. The van der Waals surface area contributed by atoms with E-state index in [-0.39, 0.29) is 10.6 Å². The highest BCUT2D eigenvalue weighted by Crippen LogP contribution is 2.29. The first-order chi connectivity index (χ1) is 10.2. The quantitative estimate of drug-likeness (QED) is 0.648. The Morgan fingerprint density at radius 3 is 3.10 bits per heavy atom. The van der Waals surface area contributed by atoms with Crippen LogP contribution in [-0.2, 0) is 0 Å². The molecular weight excluding hydrogens is 270 g/mol. The number of anilines is 1. The van der Waals surface area contributed by atoms with E-state index < -0.39 is 0 Å². The molecule has 2 saturated heterocycles. The molecule has 3 heterocycles. The minimum atomic E-state index is -0.381. The normalized spacial score (nSPS) is 25.2. The number of H-pyrrole nitrogens is 1. The average Bonchev–Trinajstić information content (AvgIpc) is 3.09. The lowest BCUT2D eigenvalue weighted by atomic mass is 9.94. The van der Waals surface area contributed by atoms with E-state index in [1.54, 1.807) is 12.1 Å². The van der Waals surface area contributed by atoms with Crippen molar-refractivity contribution < 1.29 is 4.92 Å². The molecule has 4 rings (SSSR count). The zero-order chi connectivity index (χ0) is 14.4. The van der Waals surface area contributed by atoms with Gasteiger partial charge < -0.3 is 15.2 Å². The number of nitrogens with zero attached hydrogens (tertiary/aromatic N) is 3. The molecule has 2 N–H and O–H groups in total. The summed E-state index contributed by atoms with van der Waals surface area (Å²) in [5.74, 6) is 1.50. The number of aromatic amines is 1. The van der Waals surface area contributed by atoms with E-state index in [1.165, 1.54) is 18.9 Å². The lowest BCUT2D eigenvalue weighted by Gasteiger charge is -2.24. The monoisotopic (exact) mass is 287 g/mol. The van der Waals surface area contributed by atoms with Crippen LogP contribution in [0.15, 0.2) is 18.2 Å². The van der Waals surface area contributed by atoms with Crippen LogP contribution in [0.3, 0.4) is 0 Å². The highest BCUT2D eigenvalue weighted by atomic mass is 16.6. The highest BCUT2D eigenvalue weighted by Gasteiger charge is 2.35. The van der Waals surface area contributed by atoms with E-state index in [0.29, 0.717) is 12.0 Å². The van der Waals surface area contributed by atoms with Gasteiger partial charge in [0.25, 0.3) is 5.69 Å². The van der Waals surface area contributed by atoms with Crippen molar-refractivity contribution in [2.75, 3.05) is 24.5 Å². The highest BCUT2D eigenvalue weighted by molar-refractivity contribution is 5.80. The molecule has 2 aliphatic heterocycles. The summed E-state index contributed by atoms with van der Waals surface area (Å²) in [6, 6.07) is 5.29. The number of rotatable bonds is 2. The lowest BCUT2D eigenvalue weighted by molar-refractivity contribution is -0.384. The molecule has 0 saturated carbocycles. The Balaban J connectivity index is 1.63. The first kappa shape index (κ1) is 12.6. The van der Waals surface area contributed by atoms with E-state index in [9.17, 15) is 10.1 Å². The van der Waals surface area contributed by atoms with Crippen molar-refractivity contribution in [3.05, 3.63) is 28.3 Å². The van der Waals surface area contributed by atoms with E-state index in [1.807, 2.05) is 0 Å². The topological polar surface area (TPSA) is 87.1 Å². The third-order valence-corrected chi connectivity index (χ3v) is 4.56. The smallest absolute Gasteiger partial charge is 0.271 e. The van der Waals surface area contributed by atoms with Crippen molar-refractivity contribution in [3.8, 4) is 0 Å². The lowest BCUT2D eigenvalue weighted by Crippen LogP contribution is -2.40. The number of non-ortho nitro benzene ring substituents is 1. The van der Waals surface area contributed by atoms with Gasteiger partial charge in [0, 0.05) is 31.3 Å². The Hall–Kier alpha value is -2.15. The van der Waals surface area contributed by atoms with E-state index in [0.717, 1.165) is 36.6 Å². The van der Waals surface area contributed by atoms with E-state index in [4.69, 9.17) is 0 Å². The van der Waals surface area contributed by atoms with Gasteiger partial charge in [-0.3, -0.25) is 10.1 Å². The third-order valence-electron chi connectivity index (χ3n) is 4.56. The zero-order valence-corrected chi connectivity index (χ0v) is 11.6. The van der Waals surface area contributed by atoms with Gasteiger partial charge in [0.1, 0.15) is 0 Å². The zero-order valence-electron chi connectivity index (χ0n) is 11.6. The number of aromatic nitrogens is 2. The maximum Gasteiger partial charge on any atom is 0.271 e. The first-order valence-electron chi connectivity index (χ1n) is 7.33. The summed E-state index contributed by atoms with van der Waals surface area (Å²) in [5, 5.41) is 14.4. The van der Waals surface area contributed by atoms with E-state index in [2.05, 4.69) is 20.2 Å². The molecule has 7 heteroatoms. The number of fused-ring (bicyclic) bond motifs is 2. The fourth-order valence-electron chi connectivity index (χ4n) is 3.47. The van der Waals surface area contributed by atoms with Gasteiger partial charge in [0.2, 0.25) is 5.95 Å². The summed E-state index contributed by atoms with van der Waals surface area (Å²) in [4.78, 5) is 20.5. The Kier molecular flexibility index (Phi) is 2.81. The van der Waals surface area contributed by atoms with Gasteiger partial charge >= 0.3 is 0 Å². The van der Waals surface area contributed by atoms with Crippen LogP contribution in [0.1, 0.15) is 12.8 Å². The Morgan fingerprint density at radius 1 is 1.38 bits per heavy atom. The van der Waals surface area contributed by atoms with Crippen molar-refractivity contribution in [3.63, 3.8) is 0 Å². The van der Waals surface area contributed by atoms with Crippen molar-refractivity contribution in [2.45, 2.75) is 18.9 Å². The van der Waals surface area contributed by atoms with Crippen molar-refractivity contribution >= 4 is 22.7 Å². The molecule has 110 valence electrons. The number of imidazole rings is 1. The standard InChI is InChI=1S/C14H17N5O2/c20-19(21)10-3-4-11-12(6-10)17-14(16-11)18-7-9-2-1-5-15-13(9)8-18/h3-4,6,9,13,15H,1-2,5,7-8H2,(H,16,17). The van der Waals surface area contributed by atoms with Gasteiger partial charge in [-0.1, -0.05) is 0 Å². The summed E-state index contributed by atoms with van der Waals surface area (Å²) in [6.07, 6.45) is 2.50. The van der Waals surface area contributed by atoms with Crippen molar-refractivity contribution in [1.29, 1.82) is 0 Å². The Labute approximate surface area is 121 Å². The second-order valence-corrected chi connectivity index (χ2v) is 5.89. The second kappa shape index (κ2) is 4.70. The molecule has 2 atom stereocenters. The fraction of sp³-hybridized carbons (Fsp3) is 0.500. The molecule has 7 nitrogen and oxygen atoms in total. The van der Waals surface area contributed by atoms with Crippen LogP contribution in [-0.4, -0.2) is 40.6 Å². The molecule has 0 radical (unpaired) electrons. The van der Waals surface area contributed by atoms with Gasteiger partial charge in [0.15, 0.2) is 0 Å². The molecule has 2 fully saturated rings. The summed E-state index contributed by atoms with van der Waals surface area (Å²) >= 11 is 0. The van der Waals surface area contributed by atoms with Crippen LogP contribution in [0.4, 0.5) is 11.6 Å². The molecule has 2 aliphatic rings. The molecule has 21 heavy (non-hydrogen) atoms. The average molecular weight is 287 g/mol. The molecule has 2 unspecified atom stereocenters. The molecule has 0 amide bonds. The minimum absolute atomic E-state index is 0.0921.